The van der Waals surface area contributed by atoms with Crippen LogP contribution in [-0.4, -0.2) is 41.4 Å². The molecule has 1 heterocycles. The van der Waals surface area contributed by atoms with Gasteiger partial charge in [0, 0.05) is 24.7 Å². The minimum absolute atomic E-state index is 0. The Morgan fingerprint density at radius 3 is 2.50 bits per heavy atom. The Kier molecular flexibility index (Phi) is 5.08. The van der Waals surface area contributed by atoms with Crippen molar-refractivity contribution in [2.24, 2.45) is 5.73 Å². The smallest absolute Gasteiger partial charge is 0.252 e. The molecule has 1 aliphatic heterocycles. The molecule has 1 aromatic rings. The van der Waals surface area contributed by atoms with Crippen LogP contribution in [0.3, 0.4) is 0 Å². The number of likely N-dealkylation sites (tertiary alicyclic amines) is 1. The average Bonchev–Trinajstić information content (AvgIpc) is 3.28. The zero-order valence-electron chi connectivity index (χ0n) is 12.5. The summed E-state index contributed by atoms with van der Waals surface area (Å²) in [6, 6.07) is 9.08. The molecule has 1 atom stereocenters. The van der Waals surface area contributed by atoms with E-state index >= 15 is 0 Å². The number of benzene rings is 1. The second kappa shape index (κ2) is 6.67. The number of nitrogens with zero attached hydrogens (tertiary/aromatic N) is 1. The van der Waals surface area contributed by atoms with Crippen molar-refractivity contribution in [3.05, 3.63) is 35.9 Å². The number of carbonyl (C=O) groups excluding carboxylic acids is 2. The van der Waals surface area contributed by atoms with Crippen LogP contribution in [0.2, 0.25) is 0 Å². The van der Waals surface area contributed by atoms with E-state index in [0.717, 1.165) is 32.2 Å². The molecule has 1 aromatic carbocycles. The third-order valence-electron chi connectivity index (χ3n) is 4.29. The van der Waals surface area contributed by atoms with Crippen LogP contribution in [0.5, 0.6) is 0 Å². The molecule has 3 rings (SSSR count). The predicted octanol–water partition coefficient (Wildman–Crippen LogP) is 1.32. The Hall–Kier alpha value is -1.59. The molecule has 120 valence electrons. The van der Waals surface area contributed by atoms with E-state index in [2.05, 4.69) is 5.32 Å². The van der Waals surface area contributed by atoms with E-state index in [9.17, 15) is 9.59 Å². The van der Waals surface area contributed by atoms with Crippen molar-refractivity contribution >= 4 is 24.2 Å². The molecular weight excluding hydrogens is 302 g/mol. The highest BCUT2D eigenvalue weighted by atomic mass is 35.5. The van der Waals surface area contributed by atoms with Crippen LogP contribution in [0.4, 0.5) is 0 Å². The highest BCUT2D eigenvalue weighted by molar-refractivity contribution is 6.00. The number of hydrogen-bond donors (Lipinski definition) is 2. The van der Waals surface area contributed by atoms with Gasteiger partial charge in [0.05, 0.1) is 0 Å². The number of piperidine rings is 1. The molecule has 0 aromatic heterocycles. The number of halogens is 1. The van der Waals surface area contributed by atoms with E-state index in [1.54, 1.807) is 12.1 Å². The lowest BCUT2D eigenvalue weighted by Crippen LogP contribution is -2.55. The maximum atomic E-state index is 12.7. The van der Waals surface area contributed by atoms with Crippen LogP contribution in [0, 0.1) is 0 Å². The summed E-state index contributed by atoms with van der Waals surface area (Å²) in [5, 5.41) is 2.92. The summed E-state index contributed by atoms with van der Waals surface area (Å²) in [5.41, 5.74) is 5.84. The second-order valence-corrected chi connectivity index (χ2v) is 6.06. The fourth-order valence-electron chi connectivity index (χ4n) is 2.89. The normalized spacial score (nSPS) is 22.4. The number of carbonyl (C=O) groups is 2. The summed E-state index contributed by atoms with van der Waals surface area (Å²) < 4.78 is 0. The molecule has 2 amide bonds. The quantitative estimate of drug-likeness (QED) is 0.881. The monoisotopic (exact) mass is 323 g/mol. The van der Waals surface area contributed by atoms with Crippen LogP contribution in [0.15, 0.2) is 30.3 Å². The molecule has 1 saturated carbocycles. The van der Waals surface area contributed by atoms with Crippen LogP contribution in [0.25, 0.3) is 0 Å². The molecule has 1 aliphatic carbocycles. The van der Waals surface area contributed by atoms with Gasteiger partial charge in [0.1, 0.15) is 5.54 Å². The molecule has 5 nitrogen and oxygen atoms in total. The van der Waals surface area contributed by atoms with Crippen molar-refractivity contribution in [2.45, 2.75) is 37.3 Å². The number of hydrogen-bond acceptors (Lipinski definition) is 3. The lowest BCUT2D eigenvalue weighted by atomic mass is 10.0. The Bertz CT molecular complexity index is 546. The van der Waals surface area contributed by atoms with Crippen LogP contribution in [0.1, 0.15) is 36.0 Å². The fourth-order valence-corrected chi connectivity index (χ4v) is 2.89. The van der Waals surface area contributed by atoms with Crippen molar-refractivity contribution in [1.82, 2.24) is 10.2 Å². The maximum Gasteiger partial charge on any atom is 0.252 e. The molecule has 3 N–H and O–H groups in total. The SMILES string of the molecule is Cl.N[C@H]1CCCN(C(=O)C2(NC(=O)c3ccccc3)CC2)C1. The third-order valence-corrected chi connectivity index (χ3v) is 4.29. The van der Waals surface area contributed by atoms with Gasteiger partial charge in [-0.15, -0.1) is 12.4 Å². The maximum absolute atomic E-state index is 12.7. The van der Waals surface area contributed by atoms with Crippen molar-refractivity contribution in [3.63, 3.8) is 0 Å². The average molecular weight is 324 g/mol. The summed E-state index contributed by atoms with van der Waals surface area (Å²) in [6.45, 7) is 1.34. The van der Waals surface area contributed by atoms with Crippen molar-refractivity contribution in [1.29, 1.82) is 0 Å². The van der Waals surface area contributed by atoms with E-state index in [-0.39, 0.29) is 30.3 Å². The highest BCUT2D eigenvalue weighted by Gasteiger charge is 2.53. The van der Waals surface area contributed by atoms with Crippen LogP contribution in [-0.2, 0) is 4.79 Å². The predicted molar refractivity (Wildman–Crippen MR) is 86.9 cm³/mol. The molecule has 2 fully saturated rings. The second-order valence-electron chi connectivity index (χ2n) is 6.06. The van der Waals surface area contributed by atoms with Crippen molar-refractivity contribution in [3.8, 4) is 0 Å². The lowest BCUT2D eigenvalue weighted by Gasteiger charge is -2.33. The van der Waals surface area contributed by atoms with Gasteiger partial charge in [-0.3, -0.25) is 9.59 Å². The molecule has 0 bridgehead atoms. The Morgan fingerprint density at radius 2 is 1.91 bits per heavy atom. The summed E-state index contributed by atoms with van der Waals surface area (Å²) in [4.78, 5) is 26.7. The van der Waals surface area contributed by atoms with Gasteiger partial charge in [-0.25, -0.2) is 0 Å². The number of nitrogens with two attached hydrogens (primary N) is 1. The molecule has 1 saturated heterocycles. The summed E-state index contributed by atoms with van der Waals surface area (Å²) in [7, 11) is 0. The first-order valence-electron chi connectivity index (χ1n) is 7.53. The standard InChI is InChI=1S/C16H21N3O2.ClH/c17-13-7-4-10-19(11-13)15(21)16(8-9-16)18-14(20)12-5-2-1-3-6-12;/h1-3,5-6,13H,4,7-11,17H2,(H,18,20);1H/t13-;/m0./s1. The van der Waals surface area contributed by atoms with Crippen LogP contribution >= 0.6 is 12.4 Å². The summed E-state index contributed by atoms with van der Waals surface area (Å²) in [6.07, 6.45) is 3.34. The third kappa shape index (κ3) is 3.42. The Labute approximate surface area is 136 Å². The molecule has 0 spiro atoms. The van der Waals surface area contributed by atoms with Crippen LogP contribution < -0.4 is 11.1 Å². The van der Waals surface area contributed by atoms with Crippen molar-refractivity contribution < 1.29 is 9.59 Å². The van der Waals surface area contributed by atoms with Gasteiger partial charge in [0.25, 0.3) is 5.91 Å². The zero-order chi connectivity index (χ0) is 14.9. The first-order chi connectivity index (χ1) is 10.1. The molecule has 0 unspecified atom stereocenters. The highest BCUT2D eigenvalue weighted by Crippen LogP contribution is 2.38. The van der Waals surface area contributed by atoms with Gasteiger partial charge >= 0.3 is 0 Å². The Balaban J connectivity index is 0.00000176. The Morgan fingerprint density at radius 1 is 1.23 bits per heavy atom. The van der Waals surface area contributed by atoms with E-state index in [1.165, 1.54) is 0 Å². The van der Waals surface area contributed by atoms with Gasteiger partial charge in [-0.2, -0.15) is 0 Å². The first-order valence-corrected chi connectivity index (χ1v) is 7.53. The first kappa shape index (κ1) is 16.8. The van der Waals surface area contributed by atoms with Gasteiger partial charge in [-0.05, 0) is 37.8 Å². The van der Waals surface area contributed by atoms with Crippen molar-refractivity contribution in [2.75, 3.05) is 13.1 Å². The number of rotatable bonds is 3. The molecule has 2 aliphatic rings. The van der Waals surface area contributed by atoms with E-state index in [4.69, 9.17) is 5.73 Å². The van der Waals surface area contributed by atoms with Gasteiger partial charge in [0.15, 0.2) is 0 Å². The minimum Gasteiger partial charge on any atom is -0.339 e. The fraction of sp³-hybridized carbons (Fsp3) is 0.500. The van der Waals surface area contributed by atoms with E-state index < -0.39 is 5.54 Å². The van der Waals surface area contributed by atoms with E-state index in [0.29, 0.717) is 12.1 Å². The van der Waals surface area contributed by atoms with Gasteiger partial charge in [0.2, 0.25) is 5.91 Å². The zero-order valence-corrected chi connectivity index (χ0v) is 13.3. The van der Waals surface area contributed by atoms with Gasteiger partial charge in [-0.1, -0.05) is 18.2 Å². The largest absolute Gasteiger partial charge is 0.339 e. The minimum atomic E-state index is -0.690. The molecule has 0 radical (unpaired) electrons. The van der Waals surface area contributed by atoms with Gasteiger partial charge < -0.3 is 16.0 Å². The summed E-state index contributed by atoms with van der Waals surface area (Å²) >= 11 is 0. The lowest BCUT2D eigenvalue weighted by molar-refractivity contribution is -0.135. The molecule has 22 heavy (non-hydrogen) atoms. The number of nitrogens with one attached hydrogen (secondary N) is 1. The van der Waals surface area contributed by atoms with E-state index in [1.807, 2.05) is 23.1 Å². The topological polar surface area (TPSA) is 75.4 Å². The summed E-state index contributed by atoms with van der Waals surface area (Å²) in [5.74, 6) is -0.148. The number of amides is 2. The molecule has 6 heteroatoms. The molecular formula is C16H22ClN3O2.